The van der Waals surface area contributed by atoms with E-state index in [-0.39, 0.29) is 15.9 Å². The van der Waals surface area contributed by atoms with Gasteiger partial charge in [-0.1, -0.05) is 23.2 Å². The van der Waals surface area contributed by atoms with E-state index >= 15 is 0 Å². The number of rotatable bonds is 4. The second-order valence-electron chi connectivity index (χ2n) is 3.76. The zero-order valence-electron chi connectivity index (χ0n) is 9.65. The first-order valence-corrected chi connectivity index (χ1v) is 5.81. The van der Waals surface area contributed by atoms with Gasteiger partial charge in [0.15, 0.2) is 10.3 Å². The molecule has 0 spiro atoms. The van der Waals surface area contributed by atoms with Gasteiger partial charge in [0.2, 0.25) is 0 Å². The van der Waals surface area contributed by atoms with E-state index in [1.807, 2.05) is 0 Å². The third-order valence-electron chi connectivity index (χ3n) is 2.46. The molecule has 0 saturated carbocycles. The molecule has 8 heteroatoms. The zero-order valence-corrected chi connectivity index (χ0v) is 11.2. The molecule has 0 aromatic carbocycles. The Morgan fingerprint density at radius 2 is 1.94 bits per heavy atom. The Morgan fingerprint density at radius 3 is 2.50 bits per heavy atom. The molecule has 0 bridgehead atoms. The minimum atomic E-state index is -1.00. The quantitative estimate of drug-likeness (QED) is 0.879. The number of hydrogen-bond acceptors (Lipinski definition) is 4. The van der Waals surface area contributed by atoms with Gasteiger partial charge in [0.05, 0.1) is 11.5 Å². The van der Waals surface area contributed by atoms with Crippen LogP contribution >= 0.6 is 23.2 Å². The Hall–Kier alpha value is -1.40. The summed E-state index contributed by atoms with van der Waals surface area (Å²) in [6.45, 7) is 3.08. The van der Waals surface area contributed by atoms with E-state index in [1.54, 1.807) is 6.92 Å². The first-order valence-electron chi connectivity index (χ1n) is 5.05. The largest absolute Gasteiger partial charge is 0.481 e. The third kappa shape index (κ3) is 3.54. The highest BCUT2D eigenvalue weighted by Gasteiger charge is 2.23. The van der Waals surface area contributed by atoms with Crippen LogP contribution in [0.4, 0.5) is 0 Å². The fourth-order valence-corrected chi connectivity index (χ4v) is 1.46. The standard InChI is InChI=1S/C10H11Cl2N3O3/c1-4(10(17)18)5(2)13-9(16)6-3-7(11)14-15-8(6)12/h3-5H,1-2H3,(H,13,16)(H,17,18). The molecular formula is C10H11Cl2N3O3. The Morgan fingerprint density at radius 1 is 1.33 bits per heavy atom. The first kappa shape index (κ1) is 14.7. The summed E-state index contributed by atoms with van der Waals surface area (Å²) >= 11 is 11.3. The van der Waals surface area contributed by atoms with Gasteiger partial charge < -0.3 is 10.4 Å². The van der Waals surface area contributed by atoms with Crippen LogP contribution in [0.2, 0.25) is 10.3 Å². The van der Waals surface area contributed by atoms with Crippen LogP contribution in [-0.4, -0.2) is 33.2 Å². The van der Waals surface area contributed by atoms with Gasteiger partial charge in [0.25, 0.3) is 5.91 Å². The van der Waals surface area contributed by atoms with E-state index in [9.17, 15) is 9.59 Å². The molecule has 1 rings (SSSR count). The van der Waals surface area contributed by atoms with Crippen molar-refractivity contribution in [3.63, 3.8) is 0 Å². The van der Waals surface area contributed by atoms with E-state index in [4.69, 9.17) is 28.3 Å². The van der Waals surface area contributed by atoms with Gasteiger partial charge in [-0.25, -0.2) is 0 Å². The SMILES string of the molecule is CC(NC(=O)c1cc(Cl)nnc1Cl)C(C)C(=O)O. The lowest BCUT2D eigenvalue weighted by Gasteiger charge is -2.17. The number of carbonyl (C=O) groups excluding carboxylic acids is 1. The molecule has 0 aliphatic carbocycles. The predicted octanol–water partition coefficient (Wildman–Crippen LogP) is 1.62. The lowest BCUT2D eigenvalue weighted by molar-refractivity contribution is -0.141. The van der Waals surface area contributed by atoms with Crippen molar-refractivity contribution in [1.29, 1.82) is 0 Å². The number of halogens is 2. The summed E-state index contributed by atoms with van der Waals surface area (Å²) in [4.78, 5) is 22.6. The average molecular weight is 292 g/mol. The van der Waals surface area contributed by atoms with Crippen LogP contribution in [0.5, 0.6) is 0 Å². The second kappa shape index (κ2) is 5.97. The Kier molecular flexibility index (Phi) is 4.86. The number of aliphatic carboxylic acids is 1. The maximum atomic E-state index is 11.8. The van der Waals surface area contributed by atoms with Crippen LogP contribution in [0.25, 0.3) is 0 Å². The number of aromatic nitrogens is 2. The van der Waals surface area contributed by atoms with Gasteiger partial charge in [-0.3, -0.25) is 9.59 Å². The summed E-state index contributed by atoms with van der Waals surface area (Å²) in [5, 5.41) is 18.2. The van der Waals surface area contributed by atoms with Crippen molar-refractivity contribution < 1.29 is 14.7 Å². The summed E-state index contributed by atoms with van der Waals surface area (Å²) in [7, 11) is 0. The van der Waals surface area contributed by atoms with Gasteiger partial charge in [0.1, 0.15) is 0 Å². The lowest BCUT2D eigenvalue weighted by atomic mass is 10.0. The lowest BCUT2D eigenvalue weighted by Crippen LogP contribution is -2.40. The average Bonchev–Trinajstić information content (AvgIpc) is 2.30. The molecule has 1 amide bonds. The van der Waals surface area contributed by atoms with Crippen LogP contribution < -0.4 is 5.32 Å². The maximum Gasteiger partial charge on any atom is 0.308 e. The molecule has 0 saturated heterocycles. The summed E-state index contributed by atoms with van der Waals surface area (Å²) in [6.07, 6.45) is 0. The highest BCUT2D eigenvalue weighted by atomic mass is 35.5. The molecule has 2 unspecified atom stereocenters. The highest BCUT2D eigenvalue weighted by Crippen LogP contribution is 2.15. The molecule has 1 heterocycles. The van der Waals surface area contributed by atoms with E-state index < -0.39 is 23.8 Å². The second-order valence-corrected chi connectivity index (χ2v) is 4.51. The van der Waals surface area contributed by atoms with Crippen molar-refractivity contribution in [1.82, 2.24) is 15.5 Å². The van der Waals surface area contributed by atoms with Gasteiger partial charge in [0, 0.05) is 6.04 Å². The maximum absolute atomic E-state index is 11.8. The van der Waals surface area contributed by atoms with Crippen molar-refractivity contribution in [3.05, 3.63) is 21.9 Å². The Labute approximate surface area is 113 Å². The number of nitrogens with one attached hydrogen (secondary N) is 1. The van der Waals surface area contributed by atoms with Crippen molar-refractivity contribution in [2.45, 2.75) is 19.9 Å². The summed E-state index contributed by atoms with van der Waals surface area (Å²) in [5.74, 6) is -2.27. The topological polar surface area (TPSA) is 92.2 Å². The minimum Gasteiger partial charge on any atom is -0.481 e. The normalized spacial score (nSPS) is 13.8. The van der Waals surface area contributed by atoms with Gasteiger partial charge in [-0.05, 0) is 19.9 Å². The summed E-state index contributed by atoms with van der Waals surface area (Å²) in [5.41, 5.74) is 0.0566. The molecule has 1 aromatic rings. The van der Waals surface area contributed by atoms with Crippen molar-refractivity contribution >= 4 is 35.1 Å². The number of carbonyl (C=O) groups is 2. The van der Waals surface area contributed by atoms with Crippen LogP contribution in [0.15, 0.2) is 6.07 Å². The number of nitrogens with zero attached hydrogens (tertiary/aromatic N) is 2. The van der Waals surface area contributed by atoms with Crippen molar-refractivity contribution in [3.8, 4) is 0 Å². The van der Waals surface area contributed by atoms with Gasteiger partial charge >= 0.3 is 5.97 Å². The van der Waals surface area contributed by atoms with E-state index in [1.165, 1.54) is 13.0 Å². The molecule has 0 fully saturated rings. The van der Waals surface area contributed by atoms with E-state index in [2.05, 4.69) is 15.5 Å². The smallest absolute Gasteiger partial charge is 0.308 e. The third-order valence-corrected chi connectivity index (χ3v) is 2.93. The fourth-order valence-electron chi connectivity index (χ4n) is 1.14. The van der Waals surface area contributed by atoms with Crippen LogP contribution in [0.3, 0.4) is 0 Å². The summed E-state index contributed by atoms with van der Waals surface area (Å²) in [6, 6.07) is 0.711. The number of hydrogen-bond donors (Lipinski definition) is 2. The molecular weight excluding hydrogens is 281 g/mol. The zero-order chi connectivity index (χ0) is 13.9. The molecule has 1 aromatic heterocycles. The van der Waals surface area contributed by atoms with Crippen molar-refractivity contribution in [2.24, 2.45) is 5.92 Å². The Balaban J connectivity index is 2.82. The number of amides is 1. The summed E-state index contributed by atoms with van der Waals surface area (Å²) < 4.78 is 0. The molecule has 0 aliphatic heterocycles. The molecule has 2 N–H and O–H groups in total. The minimum absolute atomic E-state index is 0.0310. The van der Waals surface area contributed by atoms with Crippen LogP contribution in [0, 0.1) is 5.92 Å². The van der Waals surface area contributed by atoms with E-state index in [0.717, 1.165) is 0 Å². The van der Waals surface area contributed by atoms with Crippen LogP contribution in [-0.2, 0) is 4.79 Å². The fraction of sp³-hybridized carbons (Fsp3) is 0.400. The van der Waals surface area contributed by atoms with Crippen LogP contribution in [0.1, 0.15) is 24.2 Å². The van der Waals surface area contributed by atoms with Gasteiger partial charge in [-0.15, -0.1) is 10.2 Å². The molecule has 0 radical (unpaired) electrons. The molecule has 0 aliphatic rings. The molecule has 98 valence electrons. The Bertz CT molecular complexity index is 481. The van der Waals surface area contributed by atoms with E-state index in [0.29, 0.717) is 0 Å². The monoisotopic (exact) mass is 291 g/mol. The van der Waals surface area contributed by atoms with Crippen molar-refractivity contribution in [2.75, 3.05) is 0 Å². The predicted molar refractivity (Wildman–Crippen MR) is 65.8 cm³/mol. The molecule has 6 nitrogen and oxygen atoms in total. The first-order chi connectivity index (χ1) is 8.32. The number of carboxylic acids is 1. The molecule has 18 heavy (non-hydrogen) atoms. The highest BCUT2D eigenvalue weighted by molar-refractivity contribution is 6.34. The number of carboxylic acid groups (broad SMARTS) is 1. The van der Waals surface area contributed by atoms with Gasteiger partial charge in [-0.2, -0.15) is 0 Å². The molecule has 2 atom stereocenters.